The van der Waals surface area contributed by atoms with E-state index in [1.165, 1.54) is 19.1 Å². The van der Waals surface area contributed by atoms with Gasteiger partial charge in [0.25, 0.3) is 0 Å². The van der Waals surface area contributed by atoms with Gasteiger partial charge in [-0.3, -0.25) is 14.4 Å². The van der Waals surface area contributed by atoms with E-state index in [0.29, 0.717) is 18.4 Å². The van der Waals surface area contributed by atoms with Crippen molar-refractivity contribution in [1.29, 1.82) is 0 Å². The second-order valence-electron chi connectivity index (χ2n) is 9.43. The molecule has 0 spiro atoms. The minimum Gasteiger partial charge on any atom is -0.480 e. The van der Waals surface area contributed by atoms with Gasteiger partial charge in [0, 0.05) is 12.8 Å². The third-order valence-electron chi connectivity index (χ3n) is 5.69. The summed E-state index contributed by atoms with van der Waals surface area (Å²) in [6, 6.07) is 4.42. The zero-order valence-electron chi connectivity index (χ0n) is 22.2. The predicted molar refractivity (Wildman–Crippen MR) is 132 cm³/mol. The Kier molecular flexibility index (Phi) is 11.9. The summed E-state index contributed by atoms with van der Waals surface area (Å²) in [4.78, 5) is 48.7. The quantitative estimate of drug-likeness (QED) is 0.291. The van der Waals surface area contributed by atoms with Gasteiger partial charge in [-0.2, -0.15) is 0 Å². The number of carboxylic acids is 1. The molecule has 0 aliphatic rings. The number of carbonyl (C=O) groups excluding carboxylic acids is 3. The van der Waals surface area contributed by atoms with Crippen LogP contribution in [0.4, 0.5) is 4.79 Å². The fourth-order valence-corrected chi connectivity index (χ4v) is 3.12. The van der Waals surface area contributed by atoms with Gasteiger partial charge >= 0.3 is 24.1 Å². The van der Waals surface area contributed by atoms with Gasteiger partial charge in [-0.05, 0) is 51.3 Å². The molecular weight excluding hydrogens is 470 g/mol. The van der Waals surface area contributed by atoms with E-state index in [1.807, 2.05) is 13.8 Å². The number of nitrogens with two attached hydrogens (primary N) is 1. The number of ether oxygens (including phenoxy) is 4. The van der Waals surface area contributed by atoms with Gasteiger partial charge in [0.05, 0.1) is 17.9 Å². The molecule has 0 aliphatic carbocycles. The first kappa shape index (κ1) is 30.9. The zero-order chi connectivity index (χ0) is 27.6. The lowest BCUT2D eigenvalue weighted by Crippen LogP contribution is -2.52. The Labute approximate surface area is 212 Å². The molecule has 1 rings (SSSR count). The molecule has 1 aromatic carbocycles. The average molecular weight is 510 g/mol. The maximum Gasteiger partial charge on any atom is 0.508 e. The molecule has 0 saturated carbocycles. The number of carboxylic acid groups (broad SMARTS) is 1. The highest BCUT2D eigenvalue weighted by Crippen LogP contribution is 2.32. The van der Waals surface area contributed by atoms with E-state index >= 15 is 0 Å². The van der Waals surface area contributed by atoms with Crippen LogP contribution in [0.3, 0.4) is 0 Å². The summed E-state index contributed by atoms with van der Waals surface area (Å²) >= 11 is 0. The molecule has 36 heavy (non-hydrogen) atoms. The van der Waals surface area contributed by atoms with Crippen LogP contribution in [0.15, 0.2) is 18.2 Å². The fourth-order valence-electron chi connectivity index (χ4n) is 3.12. The van der Waals surface area contributed by atoms with Gasteiger partial charge in [-0.1, -0.05) is 33.8 Å². The monoisotopic (exact) mass is 509 g/mol. The van der Waals surface area contributed by atoms with Crippen LogP contribution in [0, 0.1) is 11.8 Å². The molecule has 202 valence electrons. The summed E-state index contributed by atoms with van der Waals surface area (Å²) in [5, 5.41) is 9.85. The van der Waals surface area contributed by atoms with Crippen molar-refractivity contribution < 1.29 is 43.2 Å². The first-order chi connectivity index (χ1) is 16.7. The Balaban J connectivity index is 3.22. The van der Waals surface area contributed by atoms with Crippen LogP contribution < -0.4 is 15.2 Å². The van der Waals surface area contributed by atoms with Gasteiger partial charge < -0.3 is 29.8 Å². The highest BCUT2D eigenvalue weighted by molar-refractivity contribution is 5.80. The lowest BCUT2D eigenvalue weighted by molar-refractivity contribution is -0.145. The van der Waals surface area contributed by atoms with Crippen LogP contribution in [0.25, 0.3) is 0 Å². The number of benzene rings is 1. The molecular formula is C26H39NO9. The van der Waals surface area contributed by atoms with Crippen molar-refractivity contribution in [2.45, 2.75) is 91.9 Å². The second-order valence-corrected chi connectivity index (χ2v) is 9.43. The third-order valence-corrected chi connectivity index (χ3v) is 5.69. The Morgan fingerprint density at radius 2 is 1.42 bits per heavy atom. The van der Waals surface area contributed by atoms with Gasteiger partial charge in [0.1, 0.15) is 11.6 Å². The molecule has 3 N–H and O–H groups in total. The number of rotatable bonds is 13. The van der Waals surface area contributed by atoms with Gasteiger partial charge in [-0.15, -0.1) is 0 Å². The Hall–Kier alpha value is -3.14. The van der Waals surface area contributed by atoms with Gasteiger partial charge in [0.2, 0.25) is 0 Å². The van der Waals surface area contributed by atoms with E-state index in [2.05, 4.69) is 0 Å². The molecule has 0 radical (unpaired) electrons. The predicted octanol–water partition coefficient (Wildman–Crippen LogP) is 4.25. The lowest BCUT2D eigenvalue weighted by atomic mass is 9.86. The number of hydrogen-bond donors (Lipinski definition) is 2. The number of carbonyl (C=O) groups is 4. The van der Waals surface area contributed by atoms with Crippen LogP contribution in [0.5, 0.6) is 11.5 Å². The molecule has 0 heterocycles. The summed E-state index contributed by atoms with van der Waals surface area (Å²) in [7, 11) is 0. The second kappa shape index (κ2) is 13.8. The Bertz CT molecular complexity index is 930. The molecule has 10 heteroatoms. The summed E-state index contributed by atoms with van der Waals surface area (Å²) in [6.07, 6.45) is -1.43. The van der Waals surface area contributed by atoms with Crippen LogP contribution >= 0.6 is 0 Å². The van der Waals surface area contributed by atoms with E-state index in [0.717, 1.165) is 0 Å². The van der Waals surface area contributed by atoms with Crippen molar-refractivity contribution in [2.24, 2.45) is 17.6 Å². The Morgan fingerprint density at radius 3 is 1.89 bits per heavy atom. The molecule has 0 aromatic heterocycles. The first-order valence-corrected chi connectivity index (χ1v) is 12.2. The van der Waals surface area contributed by atoms with Crippen molar-refractivity contribution >= 4 is 24.1 Å². The largest absolute Gasteiger partial charge is 0.508 e. The highest BCUT2D eigenvalue weighted by atomic mass is 16.7. The molecule has 3 unspecified atom stereocenters. The molecule has 4 atom stereocenters. The van der Waals surface area contributed by atoms with E-state index < -0.39 is 47.7 Å². The smallest absolute Gasteiger partial charge is 0.480 e. The standard InChI is InChI=1S/C26H39NO9/c1-8-16(5)22(28)35-20-11-10-19(12-21(20)36-23(29)17(6)9-2)14-26(27,24(30)31)13-18(7)34-25(32)33-15(3)4/h10-12,15-18H,8-9,13-14,27H2,1-7H3,(H,30,31)/t16?,17?,18-,26?/m0/s1. The maximum absolute atomic E-state index is 12.5. The van der Waals surface area contributed by atoms with Crippen molar-refractivity contribution in [3.63, 3.8) is 0 Å². The van der Waals surface area contributed by atoms with E-state index in [1.54, 1.807) is 33.8 Å². The van der Waals surface area contributed by atoms with Crippen LogP contribution in [0.2, 0.25) is 0 Å². The number of aliphatic carboxylic acids is 1. The maximum atomic E-state index is 12.5. The van der Waals surface area contributed by atoms with Crippen molar-refractivity contribution in [3.05, 3.63) is 23.8 Å². The van der Waals surface area contributed by atoms with E-state index in [-0.39, 0.29) is 30.3 Å². The van der Waals surface area contributed by atoms with E-state index in [9.17, 15) is 24.3 Å². The van der Waals surface area contributed by atoms with Crippen molar-refractivity contribution in [2.75, 3.05) is 0 Å². The normalized spacial score (nSPS) is 15.2. The number of hydrogen-bond acceptors (Lipinski definition) is 9. The third kappa shape index (κ3) is 9.49. The highest BCUT2D eigenvalue weighted by Gasteiger charge is 2.37. The lowest BCUT2D eigenvalue weighted by Gasteiger charge is -2.28. The minimum atomic E-state index is -1.82. The number of esters is 2. The zero-order valence-corrected chi connectivity index (χ0v) is 22.2. The van der Waals surface area contributed by atoms with Crippen LogP contribution in [-0.4, -0.2) is 46.9 Å². The summed E-state index contributed by atoms with van der Waals surface area (Å²) in [6.45, 7) is 11.9. The molecule has 0 aliphatic heterocycles. The molecule has 0 fully saturated rings. The van der Waals surface area contributed by atoms with Gasteiger partial charge in [-0.25, -0.2) is 4.79 Å². The first-order valence-electron chi connectivity index (χ1n) is 12.2. The van der Waals surface area contributed by atoms with Crippen molar-refractivity contribution in [3.8, 4) is 11.5 Å². The molecule has 0 amide bonds. The van der Waals surface area contributed by atoms with Crippen LogP contribution in [0.1, 0.15) is 73.3 Å². The summed E-state index contributed by atoms with van der Waals surface area (Å²) < 4.78 is 21.0. The topological polar surface area (TPSA) is 151 Å². The molecule has 10 nitrogen and oxygen atoms in total. The van der Waals surface area contributed by atoms with Crippen molar-refractivity contribution in [1.82, 2.24) is 0 Å². The average Bonchev–Trinajstić information content (AvgIpc) is 2.78. The van der Waals surface area contributed by atoms with E-state index in [4.69, 9.17) is 24.7 Å². The molecule has 0 saturated heterocycles. The van der Waals surface area contributed by atoms with Gasteiger partial charge in [0.15, 0.2) is 11.5 Å². The molecule has 1 aromatic rings. The SMILES string of the molecule is CCC(C)C(=O)Oc1ccc(CC(N)(C[C@H](C)OC(=O)OC(C)C)C(=O)O)cc1OC(=O)C(C)CC. The fraction of sp³-hybridized carbons (Fsp3) is 0.615. The van der Waals surface area contributed by atoms with Crippen LogP contribution in [-0.2, 0) is 30.3 Å². The molecule has 0 bridgehead atoms. The summed E-state index contributed by atoms with van der Waals surface area (Å²) in [5.74, 6) is -3.03. The summed E-state index contributed by atoms with van der Waals surface area (Å²) in [5.41, 5.74) is 4.83. The minimum absolute atomic E-state index is 0.00741. The Morgan fingerprint density at radius 1 is 0.889 bits per heavy atom.